The number of hydrogen-bond acceptors (Lipinski definition) is 1. The van der Waals surface area contributed by atoms with Gasteiger partial charge >= 0.3 is 0 Å². The van der Waals surface area contributed by atoms with E-state index in [9.17, 15) is 4.79 Å². The Morgan fingerprint density at radius 1 is 0.486 bits per heavy atom. The second-order valence-corrected chi connectivity index (χ2v) is 10.6. The van der Waals surface area contributed by atoms with E-state index in [2.05, 4.69) is 135 Å². The molecule has 1 nitrogen and oxygen atoms in total. The smallest absolute Gasteiger partial charge is 0.159 e. The fourth-order valence-corrected chi connectivity index (χ4v) is 4.62. The Morgan fingerprint density at radius 2 is 0.811 bits per heavy atom. The number of hydrogen-bond donors (Lipinski definition) is 0. The third-order valence-corrected chi connectivity index (χ3v) is 7.21. The van der Waals surface area contributed by atoms with Gasteiger partial charge in [0.05, 0.1) is 0 Å². The molecule has 5 rings (SSSR count). The molecule has 3 heteroatoms. The van der Waals surface area contributed by atoms with Crippen LogP contribution >= 0.6 is 31.9 Å². The van der Waals surface area contributed by atoms with Crippen molar-refractivity contribution in [2.45, 2.75) is 6.92 Å². The van der Waals surface area contributed by atoms with E-state index in [1.54, 1.807) is 6.92 Å². The van der Waals surface area contributed by atoms with Gasteiger partial charge in [-0.05, 0) is 107 Å². The zero-order valence-corrected chi connectivity index (χ0v) is 23.3. The highest BCUT2D eigenvalue weighted by atomic mass is 79.9. The SMILES string of the molecule is CC(=O)c1ccc(C#Cc2ccc(-c3cc(-c4ccc(Br)cc4)cc(-c4ccc(Br)cc4)c3)cc2)cc1. The van der Waals surface area contributed by atoms with Gasteiger partial charge in [-0.1, -0.05) is 92.2 Å². The number of Topliss-reactive ketones (excluding diaryl/α,β-unsaturated/α-hetero) is 1. The fraction of sp³-hybridized carbons (Fsp3) is 0.0294. The lowest BCUT2D eigenvalue weighted by Crippen LogP contribution is -1.90. The summed E-state index contributed by atoms with van der Waals surface area (Å²) < 4.78 is 2.12. The van der Waals surface area contributed by atoms with E-state index >= 15 is 0 Å². The number of rotatable bonds is 4. The van der Waals surface area contributed by atoms with Crippen LogP contribution in [0.25, 0.3) is 33.4 Å². The highest BCUT2D eigenvalue weighted by Gasteiger charge is 2.08. The van der Waals surface area contributed by atoms with Crippen LogP contribution in [0.1, 0.15) is 28.4 Å². The van der Waals surface area contributed by atoms with Crippen molar-refractivity contribution in [3.8, 4) is 45.2 Å². The van der Waals surface area contributed by atoms with Crippen LogP contribution in [0.4, 0.5) is 0 Å². The first-order valence-electron chi connectivity index (χ1n) is 11.8. The molecule has 37 heavy (non-hydrogen) atoms. The van der Waals surface area contributed by atoms with E-state index in [1.807, 2.05) is 24.3 Å². The van der Waals surface area contributed by atoms with Gasteiger partial charge in [0.1, 0.15) is 0 Å². The Balaban J connectivity index is 1.48. The van der Waals surface area contributed by atoms with Crippen molar-refractivity contribution < 1.29 is 4.79 Å². The number of halogens is 2. The van der Waals surface area contributed by atoms with E-state index < -0.39 is 0 Å². The minimum absolute atomic E-state index is 0.0580. The average Bonchev–Trinajstić information content (AvgIpc) is 2.93. The molecule has 0 saturated carbocycles. The topological polar surface area (TPSA) is 17.1 Å². The summed E-state index contributed by atoms with van der Waals surface area (Å²) in [4.78, 5) is 11.5. The monoisotopic (exact) mass is 604 g/mol. The largest absolute Gasteiger partial charge is 0.295 e. The van der Waals surface area contributed by atoms with Crippen LogP contribution in [-0.4, -0.2) is 5.78 Å². The van der Waals surface area contributed by atoms with E-state index in [0.29, 0.717) is 5.56 Å². The third kappa shape index (κ3) is 6.17. The molecule has 0 unspecified atom stereocenters. The summed E-state index contributed by atoms with van der Waals surface area (Å²) in [5, 5.41) is 0. The second-order valence-electron chi connectivity index (χ2n) is 8.77. The van der Waals surface area contributed by atoms with Crippen molar-refractivity contribution in [2.75, 3.05) is 0 Å². The maximum atomic E-state index is 11.5. The van der Waals surface area contributed by atoms with Crippen molar-refractivity contribution >= 4 is 37.6 Å². The summed E-state index contributed by atoms with van der Waals surface area (Å²) in [6.45, 7) is 1.57. The molecule has 0 saturated heterocycles. The molecule has 178 valence electrons. The first kappa shape index (κ1) is 25.0. The summed E-state index contributed by atoms with van der Waals surface area (Å²) >= 11 is 7.08. The number of benzene rings is 5. The Labute approximate surface area is 234 Å². The van der Waals surface area contributed by atoms with Gasteiger partial charge in [-0.3, -0.25) is 4.79 Å². The second kappa shape index (κ2) is 11.1. The molecular weight excluding hydrogens is 584 g/mol. The van der Waals surface area contributed by atoms with Crippen LogP contribution in [0.3, 0.4) is 0 Å². The van der Waals surface area contributed by atoms with Crippen LogP contribution in [0.15, 0.2) is 124 Å². The quantitative estimate of drug-likeness (QED) is 0.147. The van der Waals surface area contributed by atoms with Gasteiger partial charge in [0.25, 0.3) is 0 Å². The highest BCUT2D eigenvalue weighted by molar-refractivity contribution is 9.10. The lowest BCUT2D eigenvalue weighted by molar-refractivity contribution is 0.101. The van der Waals surface area contributed by atoms with Gasteiger partial charge in [-0.15, -0.1) is 0 Å². The summed E-state index contributed by atoms with van der Waals surface area (Å²) in [6.07, 6.45) is 0. The van der Waals surface area contributed by atoms with Crippen LogP contribution < -0.4 is 0 Å². The van der Waals surface area contributed by atoms with Crippen molar-refractivity contribution in [3.63, 3.8) is 0 Å². The Morgan fingerprint density at radius 3 is 1.16 bits per heavy atom. The molecule has 0 amide bonds. The molecule has 0 aliphatic carbocycles. The molecule has 0 aliphatic rings. The summed E-state index contributed by atoms with van der Waals surface area (Å²) in [5.74, 6) is 6.48. The maximum absolute atomic E-state index is 11.5. The van der Waals surface area contributed by atoms with Crippen LogP contribution in [0, 0.1) is 11.8 Å². The first-order chi connectivity index (χ1) is 17.9. The van der Waals surface area contributed by atoms with E-state index in [1.165, 1.54) is 22.3 Å². The molecule has 0 N–H and O–H groups in total. The van der Waals surface area contributed by atoms with Gasteiger partial charge in [0.2, 0.25) is 0 Å². The number of ketones is 1. The maximum Gasteiger partial charge on any atom is 0.159 e. The molecule has 5 aromatic rings. The average molecular weight is 606 g/mol. The molecule has 0 heterocycles. The van der Waals surface area contributed by atoms with E-state index in [-0.39, 0.29) is 5.78 Å². The minimum atomic E-state index is 0.0580. The van der Waals surface area contributed by atoms with Crippen LogP contribution in [-0.2, 0) is 0 Å². The molecule has 0 radical (unpaired) electrons. The molecular formula is C34H22Br2O. The number of carbonyl (C=O) groups is 1. The standard InChI is InChI=1S/C34H22Br2O/c1-23(37)26-8-4-24(5-9-26)2-3-25-6-10-27(11-7-25)30-20-31(28-12-16-33(35)17-13-28)22-32(21-30)29-14-18-34(36)19-15-29/h4-22H,1H3. The van der Waals surface area contributed by atoms with Crippen LogP contribution in [0.5, 0.6) is 0 Å². The van der Waals surface area contributed by atoms with Crippen molar-refractivity contribution in [1.82, 2.24) is 0 Å². The Bertz CT molecular complexity index is 1560. The lowest BCUT2D eigenvalue weighted by atomic mass is 9.93. The zero-order valence-electron chi connectivity index (χ0n) is 20.1. The van der Waals surface area contributed by atoms with Crippen molar-refractivity contribution in [1.29, 1.82) is 0 Å². The predicted octanol–water partition coefficient (Wildman–Crippen LogP) is 9.81. The molecule has 0 aliphatic heterocycles. The lowest BCUT2D eigenvalue weighted by Gasteiger charge is -2.12. The molecule has 0 aromatic heterocycles. The van der Waals surface area contributed by atoms with Crippen molar-refractivity contribution in [3.05, 3.63) is 141 Å². The zero-order chi connectivity index (χ0) is 25.8. The van der Waals surface area contributed by atoms with E-state index in [0.717, 1.165) is 31.2 Å². The first-order valence-corrected chi connectivity index (χ1v) is 13.4. The van der Waals surface area contributed by atoms with E-state index in [4.69, 9.17) is 0 Å². The fourth-order valence-electron chi connectivity index (χ4n) is 4.09. The molecule has 0 fully saturated rings. The van der Waals surface area contributed by atoms with Crippen molar-refractivity contribution in [2.24, 2.45) is 0 Å². The van der Waals surface area contributed by atoms with Gasteiger partial charge < -0.3 is 0 Å². The molecule has 0 bridgehead atoms. The third-order valence-electron chi connectivity index (χ3n) is 6.15. The molecule has 5 aromatic carbocycles. The number of carbonyl (C=O) groups excluding carboxylic acids is 1. The van der Waals surface area contributed by atoms with Gasteiger partial charge in [-0.2, -0.15) is 0 Å². The predicted molar refractivity (Wildman–Crippen MR) is 161 cm³/mol. The molecule has 0 atom stereocenters. The summed E-state index contributed by atoms with van der Waals surface area (Å²) in [7, 11) is 0. The normalized spacial score (nSPS) is 10.5. The summed E-state index contributed by atoms with van der Waals surface area (Å²) in [6, 6.07) is 39.3. The van der Waals surface area contributed by atoms with Gasteiger partial charge in [0, 0.05) is 25.6 Å². The van der Waals surface area contributed by atoms with Gasteiger partial charge in [0.15, 0.2) is 5.78 Å². The Kier molecular flexibility index (Phi) is 7.51. The summed E-state index contributed by atoms with van der Waals surface area (Å²) in [5.41, 5.74) is 9.48. The highest BCUT2D eigenvalue weighted by Crippen LogP contribution is 2.34. The Hall–Kier alpha value is -3.71. The minimum Gasteiger partial charge on any atom is -0.295 e. The van der Waals surface area contributed by atoms with Crippen LogP contribution in [0.2, 0.25) is 0 Å². The molecule has 0 spiro atoms. The van der Waals surface area contributed by atoms with Gasteiger partial charge in [-0.25, -0.2) is 0 Å².